The van der Waals surface area contributed by atoms with E-state index in [0.29, 0.717) is 30.6 Å². The first-order valence-corrected chi connectivity index (χ1v) is 7.30. The van der Waals surface area contributed by atoms with E-state index in [4.69, 9.17) is 0 Å². The minimum atomic E-state index is -0.325. The largest absolute Gasteiger partial charge is 0.494 e. The third-order valence-corrected chi connectivity index (χ3v) is 3.52. The van der Waals surface area contributed by atoms with Crippen LogP contribution in [0.15, 0.2) is 41.2 Å². The van der Waals surface area contributed by atoms with Gasteiger partial charge in [0.2, 0.25) is 5.91 Å². The number of aryl methyl sites for hydroxylation is 1. The molecule has 2 aromatic rings. The lowest BCUT2D eigenvalue weighted by Gasteiger charge is -2.15. The van der Waals surface area contributed by atoms with Crippen molar-refractivity contribution in [1.82, 2.24) is 4.57 Å². The van der Waals surface area contributed by atoms with Crippen molar-refractivity contribution >= 4 is 11.6 Å². The quantitative estimate of drug-likeness (QED) is 0.890. The summed E-state index contributed by atoms with van der Waals surface area (Å²) in [6, 6.07) is 11.1. The van der Waals surface area contributed by atoms with Gasteiger partial charge in [0.1, 0.15) is 0 Å². The van der Waals surface area contributed by atoms with Crippen molar-refractivity contribution in [2.24, 2.45) is 0 Å². The molecule has 1 amide bonds. The summed E-state index contributed by atoms with van der Waals surface area (Å²) in [6.45, 7) is 3.63. The molecule has 0 bridgehead atoms. The van der Waals surface area contributed by atoms with Crippen LogP contribution in [0.4, 0.5) is 5.69 Å². The minimum Gasteiger partial charge on any atom is -0.494 e. The molecule has 0 aliphatic rings. The number of benzene rings is 1. The zero-order chi connectivity index (χ0) is 16.1. The molecule has 0 saturated heterocycles. The van der Waals surface area contributed by atoms with Gasteiger partial charge in [-0.1, -0.05) is 37.3 Å². The average molecular weight is 300 g/mol. The first kappa shape index (κ1) is 15.8. The number of carbonyl (C=O) groups excluding carboxylic acids is 1. The molecular weight excluding hydrogens is 280 g/mol. The molecule has 0 fully saturated rings. The van der Waals surface area contributed by atoms with E-state index < -0.39 is 0 Å². The zero-order valence-electron chi connectivity index (χ0n) is 12.8. The summed E-state index contributed by atoms with van der Waals surface area (Å²) in [7, 11) is 0. The number of carbonyl (C=O) groups is 1. The van der Waals surface area contributed by atoms with E-state index >= 15 is 0 Å². The lowest BCUT2D eigenvalue weighted by atomic mass is 10.1. The summed E-state index contributed by atoms with van der Waals surface area (Å²) >= 11 is 0. The highest BCUT2D eigenvalue weighted by atomic mass is 16.3. The predicted molar refractivity (Wildman–Crippen MR) is 86.2 cm³/mol. The van der Waals surface area contributed by atoms with Crippen LogP contribution in [0, 0.1) is 0 Å². The topological polar surface area (TPSA) is 71.3 Å². The highest BCUT2D eigenvalue weighted by Gasteiger charge is 2.14. The molecule has 1 aromatic heterocycles. The van der Waals surface area contributed by atoms with Crippen LogP contribution in [-0.2, 0) is 24.2 Å². The number of hydrogen-bond acceptors (Lipinski definition) is 3. The molecule has 2 N–H and O–H groups in total. The Morgan fingerprint density at radius 3 is 2.55 bits per heavy atom. The summed E-state index contributed by atoms with van der Waals surface area (Å²) in [6.07, 6.45) is 1.17. The van der Waals surface area contributed by atoms with Crippen LogP contribution in [0.1, 0.15) is 25.0 Å². The fourth-order valence-electron chi connectivity index (χ4n) is 2.43. The highest BCUT2D eigenvalue weighted by Crippen LogP contribution is 2.24. The molecule has 0 radical (unpaired) electrons. The standard InChI is InChI=1S/C17H20N2O3/c1-3-14-15(18-12(2)20)11-16(21)19(17(14)22)10-9-13-7-5-4-6-8-13/h4-8,11,22H,3,9-10H2,1-2H3,(H,18,20). The summed E-state index contributed by atoms with van der Waals surface area (Å²) in [5.41, 5.74) is 1.73. The second-order valence-corrected chi connectivity index (χ2v) is 5.12. The number of aromatic nitrogens is 1. The maximum atomic E-state index is 12.2. The van der Waals surface area contributed by atoms with E-state index in [1.807, 2.05) is 37.3 Å². The van der Waals surface area contributed by atoms with E-state index in [2.05, 4.69) is 5.32 Å². The van der Waals surface area contributed by atoms with Gasteiger partial charge in [-0.05, 0) is 18.4 Å². The number of anilines is 1. The van der Waals surface area contributed by atoms with Gasteiger partial charge in [0.05, 0.1) is 5.69 Å². The fraction of sp³-hybridized carbons (Fsp3) is 0.294. The smallest absolute Gasteiger partial charge is 0.255 e. The molecule has 0 aliphatic carbocycles. The Morgan fingerprint density at radius 1 is 1.27 bits per heavy atom. The van der Waals surface area contributed by atoms with Crippen molar-refractivity contribution < 1.29 is 9.90 Å². The number of nitrogens with zero attached hydrogens (tertiary/aromatic N) is 1. The van der Waals surface area contributed by atoms with Crippen LogP contribution in [0.2, 0.25) is 0 Å². The Balaban J connectivity index is 2.32. The van der Waals surface area contributed by atoms with Gasteiger partial charge in [-0.25, -0.2) is 0 Å². The van der Waals surface area contributed by atoms with Gasteiger partial charge in [-0.3, -0.25) is 14.2 Å². The van der Waals surface area contributed by atoms with Crippen LogP contribution in [0.5, 0.6) is 5.88 Å². The van der Waals surface area contributed by atoms with Gasteiger partial charge in [-0.2, -0.15) is 0 Å². The summed E-state index contributed by atoms with van der Waals surface area (Å²) in [5.74, 6) is -0.342. The van der Waals surface area contributed by atoms with E-state index in [0.717, 1.165) is 5.56 Å². The SMILES string of the molecule is CCc1c(NC(C)=O)cc(=O)n(CCc2ccccc2)c1O. The number of aromatic hydroxyl groups is 1. The van der Waals surface area contributed by atoms with Crippen molar-refractivity contribution in [3.8, 4) is 5.88 Å². The molecule has 116 valence electrons. The number of nitrogens with one attached hydrogen (secondary N) is 1. The summed E-state index contributed by atoms with van der Waals surface area (Å²) in [4.78, 5) is 23.4. The Labute approximate surface area is 129 Å². The van der Waals surface area contributed by atoms with Crippen LogP contribution in [0.25, 0.3) is 0 Å². The van der Waals surface area contributed by atoms with Crippen molar-refractivity contribution in [3.63, 3.8) is 0 Å². The van der Waals surface area contributed by atoms with Gasteiger partial charge in [0, 0.05) is 25.1 Å². The lowest BCUT2D eigenvalue weighted by molar-refractivity contribution is -0.114. The minimum absolute atomic E-state index is 0.0744. The van der Waals surface area contributed by atoms with Crippen molar-refractivity contribution in [2.45, 2.75) is 33.2 Å². The molecule has 0 saturated carbocycles. The Kier molecular flexibility index (Phi) is 4.99. The maximum Gasteiger partial charge on any atom is 0.255 e. The summed E-state index contributed by atoms with van der Waals surface area (Å²) in [5, 5.41) is 12.9. The molecule has 22 heavy (non-hydrogen) atoms. The Morgan fingerprint density at radius 2 is 1.95 bits per heavy atom. The molecule has 2 rings (SSSR count). The number of hydrogen-bond donors (Lipinski definition) is 2. The zero-order valence-corrected chi connectivity index (χ0v) is 12.8. The van der Waals surface area contributed by atoms with Gasteiger partial charge < -0.3 is 10.4 Å². The normalized spacial score (nSPS) is 10.5. The lowest BCUT2D eigenvalue weighted by Crippen LogP contribution is -2.23. The molecule has 0 atom stereocenters. The van der Waals surface area contributed by atoms with Crippen molar-refractivity contribution in [3.05, 3.63) is 57.9 Å². The molecule has 0 aliphatic heterocycles. The van der Waals surface area contributed by atoms with Crippen LogP contribution >= 0.6 is 0 Å². The van der Waals surface area contributed by atoms with E-state index in [1.54, 1.807) is 0 Å². The van der Waals surface area contributed by atoms with E-state index in [1.165, 1.54) is 17.6 Å². The predicted octanol–water partition coefficient (Wildman–Crippen LogP) is 2.32. The fourth-order valence-corrected chi connectivity index (χ4v) is 2.43. The average Bonchev–Trinajstić information content (AvgIpc) is 2.47. The first-order valence-electron chi connectivity index (χ1n) is 7.30. The highest BCUT2D eigenvalue weighted by molar-refractivity contribution is 5.89. The number of pyridine rings is 1. The Bertz CT molecular complexity index is 721. The molecule has 0 spiro atoms. The van der Waals surface area contributed by atoms with Gasteiger partial charge >= 0.3 is 0 Å². The second kappa shape index (κ2) is 6.93. The van der Waals surface area contributed by atoms with Crippen molar-refractivity contribution in [1.29, 1.82) is 0 Å². The monoisotopic (exact) mass is 300 g/mol. The summed E-state index contributed by atoms with van der Waals surface area (Å²) < 4.78 is 1.34. The maximum absolute atomic E-state index is 12.2. The van der Waals surface area contributed by atoms with Crippen LogP contribution < -0.4 is 10.9 Å². The third-order valence-electron chi connectivity index (χ3n) is 3.52. The molecule has 5 heteroatoms. The van der Waals surface area contributed by atoms with Gasteiger partial charge in [0.25, 0.3) is 5.56 Å². The van der Waals surface area contributed by atoms with Crippen LogP contribution in [0.3, 0.4) is 0 Å². The molecule has 0 unspecified atom stereocenters. The van der Waals surface area contributed by atoms with E-state index in [9.17, 15) is 14.7 Å². The molecule has 5 nitrogen and oxygen atoms in total. The molecular formula is C17H20N2O3. The number of amides is 1. The first-order chi connectivity index (χ1) is 10.5. The van der Waals surface area contributed by atoms with Gasteiger partial charge in [0.15, 0.2) is 5.88 Å². The van der Waals surface area contributed by atoms with Crippen molar-refractivity contribution in [2.75, 3.05) is 5.32 Å². The third kappa shape index (κ3) is 3.55. The molecule has 1 aromatic carbocycles. The molecule has 1 heterocycles. The van der Waals surface area contributed by atoms with E-state index in [-0.39, 0.29) is 17.3 Å². The Hall–Kier alpha value is -2.56. The number of rotatable bonds is 5. The van der Waals surface area contributed by atoms with Gasteiger partial charge in [-0.15, -0.1) is 0 Å². The van der Waals surface area contributed by atoms with Crippen LogP contribution in [-0.4, -0.2) is 15.6 Å². The second-order valence-electron chi connectivity index (χ2n) is 5.12.